The molecule has 3 aromatic rings. The minimum atomic E-state index is -1.25. The minimum Gasteiger partial charge on any atom is -0.545 e. The number of nitrogens with zero attached hydrogens (tertiary/aromatic N) is 1. The van der Waals surface area contributed by atoms with Gasteiger partial charge >= 0.3 is 0 Å². The van der Waals surface area contributed by atoms with Crippen LogP contribution in [-0.2, 0) is 6.61 Å². The molecule has 0 radical (unpaired) electrons. The fourth-order valence-corrected chi connectivity index (χ4v) is 2.89. The first-order valence-corrected chi connectivity index (χ1v) is 8.94. The lowest BCUT2D eigenvalue weighted by Gasteiger charge is -2.10. The van der Waals surface area contributed by atoms with Crippen LogP contribution in [0.1, 0.15) is 27.0 Å². The number of carbonyl (C=O) groups is 1. The Labute approximate surface area is 172 Å². The Kier molecular flexibility index (Phi) is 6.28. The molecule has 0 bridgehead atoms. The van der Waals surface area contributed by atoms with Gasteiger partial charge in [-0.05, 0) is 58.7 Å². The topological polar surface area (TPSA) is 73.1 Å². The predicted octanol–water partition coefficient (Wildman–Crippen LogP) is 4.49. The second-order valence-electron chi connectivity index (χ2n) is 6.14. The summed E-state index contributed by atoms with van der Waals surface area (Å²) < 4.78 is 18.7. The molecule has 0 saturated heterocycles. The van der Waals surface area contributed by atoms with Crippen molar-refractivity contribution in [3.05, 3.63) is 99.8 Å². The number of rotatable bonds is 6. The zero-order chi connectivity index (χ0) is 20.8. The number of nitriles is 1. The molecule has 6 heteroatoms. The van der Waals surface area contributed by atoms with Crippen LogP contribution < -0.4 is 9.84 Å². The highest BCUT2D eigenvalue weighted by Crippen LogP contribution is 2.28. The van der Waals surface area contributed by atoms with Crippen molar-refractivity contribution in [2.75, 3.05) is 0 Å². The molecule has 0 aliphatic rings. The SMILES string of the molecule is N#C/C(=C/c1ccc(OCc2cccc(C(=O)[O-])c2)c(Cl)c1)c1ccc(F)cc1. The number of carboxylic acid groups (broad SMARTS) is 1. The Bertz CT molecular complexity index is 1120. The number of carbonyl (C=O) groups excluding carboxylic acids is 1. The first kappa shape index (κ1) is 20.1. The van der Waals surface area contributed by atoms with Crippen molar-refractivity contribution in [2.45, 2.75) is 6.61 Å². The van der Waals surface area contributed by atoms with E-state index in [-0.39, 0.29) is 18.0 Å². The summed E-state index contributed by atoms with van der Waals surface area (Å²) >= 11 is 6.28. The molecule has 0 N–H and O–H groups in total. The number of allylic oxidation sites excluding steroid dienone is 1. The van der Waals surface area contributed by atoms with E-state index in [0.717, 1.165) is 0 Å². The fraction of sp³-hybridized carbons (Fsp3) is 0.0435. The van der Waals surface area contributed by atoms with Crippen LogP contribution in [0.5, 0.6) is 5.75 Å². The Morgan fingerprint density at radius 3 is 2.52 bits per heavy atom. The lowest BCUT2D eigenvalue weighted by molar-refractivity contribution is -0.255. The van der Waals surface area contributed by atoms with Crippen LogP contribution in [0.3, 0.4) is 0 Å². The second kappa shape index (κ2) is 9.05. The quantitative estimate of drug-likeness (QED) is 0.446. The molecular weight excluding hydrogens is 393 g/mol. The summed E-state index contributed by atoms with van der Waals surface area (Å²) in [7, 11) is 0. The van der Waals surface area contributed by atoms with Gasteiger partial charge in [0, 0.05) is 0 Å². The number of hydrogen-bond donors (Lipinski definition) is 0. The molecular formula is C23H14ClFNO3-. The van der Waals surface area contributed by atoms with Crippen molar-refractivity contribution >= 4 is 29.2 Å². The third-order valence-corrected chi connectivity index (χ3v) is 4.40. The van der Waals surface area contributed by atoms with Gasteiger partial charge in [-0.3, -0.25) is 0 Å². The average molecular weight is 407 g/mol. The van der Waals surface area contributed by atoms with E-state index >= 15 is 0 Å². The van der Waals surface area contributed by atoms with Crippen LogP contribution in [0.4, 0.5) is 4.39 Å². The highest BCUT2D eigenvalue weighted by Gasteiger charge is 2.06. The van der Waals surface area contributed by atoms with Gasteiger partial charge in [0.15, 0.2) is 0 Å². The predicted molar refractivity (Wildman–Crippen MR) is 106 cm³/mol. The maximum absolute atomic E-state index is 13.1. The summed E-state index contributed by atoms with van der Waals surface area (Å²) in [6.07, 6.45) is 1.65. The molecule has 0 fully saturated rings. The maximum Gasteiger partial charge on any atom is 0.138 e. The minimum absolute atomic E-state index is 0.0718. The molecule has 0 aliphatic heterocycles. The third kappa shape index (κ3) is 5.22. The summed E-state index contributed by atoms with van der Waals surface area (Å²) in [5, 5.41) is 20.7. The third-order valence-electron chi connectivity index (χ3n) is 4.10. The number of benzene rings is 3. The Balaban J connectivity index is 1.76. The van der Waals surface area contributed by atoms with E-state index in [1.54, 1.807) is 36.4 Å². The highest BCUT2D eigenvalue weighted by atomic mass is 35.5. The Morgan fingerprint density at radius 1 is 1.10 bits per heavy atom. The van der Waals surface area contributed by atoms with Crippen molar-refractivity contribution < 1.29 is 19.0 Å². The zero-order valence-electron chi connectivity index (χ0n) is 15.1. The molecule has 144 valence electrons. The van der Waals surface area contributed by atoms with Crippen LogP contribution in [0, 0.1) is 17.1 Å². The van der Waals surface area contributed by atoms with Gasteiger partial charge in [-0.25, -0.2) is 4.39 Å². The zero-order valence-corrected chi connectivity index (χ0v) is 15.8. The summed E-state index contributed by atoms with van der Waals surface area (Å²) in [6.45, 7) is 0.134. The van der Waals surface area contributed by atoms with E-state index in [0.29, 0.717) is 33.0 Å². The lowest BCUT2D eigenvalue weighted by Crippen LogP contribution is -2.22. The number of carboxylic acids is 1. The van der Waals surface area contributed by atoms with Gasteiger partial charge in [0.1, 0.15) is 18.2 Å². The Morgan fingerprint density at radius 2 is 1.86 bits per heavy atom. The van der Waals surface area contributed by atoms with Crippen LogP contribution in [0.15, 0.2) is 66.7 Å². The standard InChI is InChI=1S/C23H15ClFNO3/c24-21-12-15(10-19(13-26)17-5-7-20(25)8-6-17)4-9-22(21)29-14-16-2-1-3-18(11-16)23(27)28/h1-12H,14H2,(H,27,28)/p-1/b19-10-. The van der Waals surface area contributed by atoms with Gasteiger partial charge in [0.2, 0.25) is 0 Å². The number of hydrogen-bond acceptors (Lipinski definition) is 4. The normalized spacial score (nSPS) is 11.0. The number of aromatic carboxylic acids is 1. The van der Waals surface area contributed by atoms with Crippen molar-refractivity contribution in [3.63, 3.8) is 0 Å². The summed E-state index contributed by atoms with van der Waals surface area (Å²) in [5.41, 5.74) is 2.38. The van der Waals surface area contributed by atoms with Gasteiger partial charge in [0.05, 0.1) is 22.6 Å². The van der Waals surface area contributed by atoms with Crippen molar-refractivity contribution in [1.82, 2.24) is 0 Å². The van der Waals surface area contributed by atoms with E-state index < -0.39 is 5.97 Å². The van der Waals surface area contributed by atoms with E-state index in [1.807, 2.05) is 0 Å². The lowest BCUT2D eigenvalue weighted by atomic mass is 10.0. The average Bonchev–Trinajstić information content (AvgIpc) is 2.72. The van der Waals surface area contributed by atoms with E-state index in [2.05, 4.69) is 6.07 Å². The summed E-state index contributed by atoms with van der Waals surface area (Å²) in [5.74, 6) is -1.21. The number of ether oxygens (including phenoxy) is 1. The molecule has 3 aromatic carbocycles. The summed E-state index contributed by atoms with van der Waals surface area (Å²) in [6, 6.07) is 19.1. The molecule has 0 amide bonds. The fourth-order valence-electron chi connectivity index (χ4n) is 2.65. The highest BCUT2D eigenvalue weighted by molar-refractivity contribution is 6.32. The first-order chi connectivity index (χ1) is 14.0. The molecule has 4 nitrogen and oxygen atoms in total. The van der Waals surface area contributed by atoms with Crippen molar-refractivity contribution in [1.29, 1.82) is 5.26 Å². The largest absolute Gasteiger partial charge is 0.545 e. The molecule has 0 atom stereocenters. The van der Waals surface area contributed by atoms with E-state index in [4.69, 9.17) is 16.3 Å². The van der Waals surface area contributed by atoms with Crippen LogP contribution >= 0.6 is 11.6 Å². The molecule has 3 rings (SSSR count). The van der Waals surface area contributed by atoms with Gasteiger partial charge in [0.25, 0.3) is 0 Å². The molecule has 0 saturated carbocycles. The first-order valence-electron chi connectivity index (χ1n) is 8.56. The Hall–Kier alpha value is -3.62. The summed E-state index contributed by atoms with van der Waals surface area (Å²) in [4.78, 5) is 10.9. The van der Waals surface area contributed by atoms with Gasteiger partial charge < -0.3 is 14.6 Å². The number of halogens is 2. The van der Waals surface area contributed by atoms with Crippen molar-refractivity contribution in [2.24, 2.45) is 0 Å². The molecule has 29 heavy (non-hydrogen) atoms. The maximum atomic E-state index is 13.1. The second-order valence-corrected chi connectivity index (χ2v) is 6.55. The molecule has 0 spiro atoms. The molecule has 0 heterocycles. The molecule has 0 unspecified atom stereocenters. The molecule has 0 aromatic heterocycles. The van der Waals surface area contributed by atoms with E-state index in [1.165, 1.54) is 36.4 Å². The van der Waals surface area contributed by atoms with Crippen LogP contribution in [0.25, 0.3) is 11.6 Å². The van der Waals surface area contributed by atoms with Crippen molar-refractivity contribution in [3.8, 4) is 11.8 Å². The molecule has 0 aliphatic carbocycles. The van der Waals surface area contributed by atoms with Gasteiger partial charge in [-0.15, -0.1) is 0 Å². The smallest absolute Gasteiger partial charge is 0.138 e. The van der Waals surface area contributed by atoms with Gasteiger partial charge in [-0.2, -0.15) is 5.26 Å². The van der Waals surface area contributed by atoms with E-state index in [9.17, 15) is 19.6 Å². The van der Waals surface area contributed by atoms with Crippen LogP contribution in [-0.4, -0.2) is 5.97 Å². The van der Waals surface area contributed by atoms with Crippen LogP contribution in [0.2, 0.25) is 5.02 Å². The van der Waals surface area contributed by atoms with Gasteiger partial charge in [-0.1, -0.05) is 48.0 Å². The monoisotopic (exact) mass is 406 g/mol.